The molecule has 1 atom stereocenters. The summed E-state index contributed by atoms with van der Waals surface area (Å²) in [5.41, 5.74) is 1.92. The van der Waals surface area contributed by atoms with Gasteiger partial charge in [0.25, 0.3) is 5.56 Å². The molecule has 2 heterocycles. The number of esters is 1. The largest absolute Gasteiger partial charge is 0.493 e. The highest BCUT2D eigenvalue weighted by molar-refractivity contribution is 14.1. The van der Waals surface area contributed by atoms with Gasteiger partial charge in [0.15, 0.2) is 22.9 Å². The standard InChI is InChI=1S/C29H28IN3O6S/c1-6-37-28(35)25-17(4)32-29-33(26(25)19-8-10-22(39-16(2)3)23(15-19)36-5)27(34)24(40-29)14-18-7-9-21(20(30)13-18)38-12-11-31/h7-10,13-16,26H,6,12H2,1-5H3/b24-14-/t26-/m0/s1. The molecule has 40 heavy (non-hydrogen) atoms. The van der Waals surface area contributed by atoms with E-state index in [0.717, 1.165) is 9.13 Å². The van der Waals surface area contributed by atoms with Crippen molar-refractivity contribution < 1.29 is 23.7 Å². The van der Waals surface area contributed by atoms with Gasteiger partial charge in [-0.05, 0) is 91.8 Å². The van der Waals surface area contributed by atoms with Crippen molar-refractivity contribution in [2.45, 2.75) is 39.8 Å². The average molecular weight is 674 g/mol. The molecule has 9 nitrogen and oxygen atoms in total. The summed E-state index contributed by atoms with van der Waals surface area (Å²) < 4.78 is 25.1. The molecule has 0 aliphatic carbocycles. The minimum atomic E-state index is -0.777. The lowest BCUT2D eigenvalue weighted by molar-refractivity contribution is -0.139. The number of hydrogen-bond acceptors (Lipinski definition) is 9. The predicted octanol–water partition coefficient (Wildman–Crippen LogP) is 4.10. The summed E-state index contributed by atoms with van der Waals surface area (Å²) in [6.45, 7) is 7.45. The molecule has 208 valence electrons. The number of nitrogens with zero attached hydrogens (tertiary/aromatic N) is 3. The fraction of sp³-hybridized carbons (Fsp3) is 0.310. The van der Waals surface area contributed by atoms with Gasteiger partial charge >= 0.3 is 5.97 Å². The number of carbonyl (C=O) groups excluding carboxylic acids is 1. The number of allylic oxidation sites excluding steroid dienone is 1. The maximum absolute atomic E-state index is 13.9. The molecule has 1 aromatic heterocycles. The van der Waals surface area contributed by atoms with E-state index < -0.39 is 12.0 Å². The summed E-state index contributed by atoms with van der Waals surface area (Å²) in [6.07, 6.45) is 1.71. The molecule has 0 spiro atoms. The monoisotopic (exact) mass is 673 g/mol. The molecule has 11 heteroatoms. The molecule has 0 amide bonds. The summed E-state index contributed by atoms with van der Waals surface area (Å²) in [5, 5.41) is 8.79. The molecular formula is C29H28IN3O6S. The van der Waals surface area contributed by atoms with Gasteiger partial charge in [-0.3, -0.25) is 9.36 Å². The third-order valence-electron chi connectivity index (χ3n) is 5.93. The lowest BCUT2D eigenvalue weighted by Crippen LogP contribution is -2.40. The lowest BCUT2D eigenvalue weighted by Gasteiger charge is -2.25. The molecule has 0 unspecified atom stereocenters. The molecule has 0 saturated carbocycles. The Bertz CT molecular complexity index is 1700. The highest BCUT2D eigenvalue weighted by Crippen LogP contribution is 2.36. The van der Waals surface area contributed by atoms with Crippen molar-refractivity contribution in [2.75, 3.05) is 20.3 Å². The minimum absolute atomic E-state index is 0.0501. The van der Waals surface area contributed by atoms with Crippen molar-refractivity contribution in [3.63, 3.8) is 0 Å². The highest BCUT2D eigenvalue weighted by atomic mass is 127. The van der Waals surface area contributed by atoms with Crippen LogP contribution in [0.5, 0.6) is 17.2 Å². The Labute approximate surface area is 249 Å². The Balaban J connectivity index is 1.89. The van der Waals surface area contributed by atoms with Crippen molar-refractivity contribution in [3.8, 4) is 23.3 Å². The Morgan fingerprint density at radius 3 is 2.62 bits per heavy atom. The topological polar surface area (TPSA) is 112 Å². The molecule has 1 aliphatic rings. The Morgan fingerprint density at radius 2 is 1.98 bits per heavy atom. The van der Waals surface area contributed by atoms with Gasteiger partial charge in [-0.1, -0.05) is 23.5 Å². The van der Waals surface area contributed by atoms with Gasteiger partial charge in [-0.25, -0.2) is 9.79 Å². The van der Waals surface area contributed by atoms with E-state index in [-0.39, 0.29) is 30.5 Å². The van der Waals surface area contributed by atoms with E-state index in [4.69, 9.17) is 24.2 Å². The summed E-state index contributed by atoms with van der Waals surface area (Å²) in [6, 6.07) is 12.0. The number of halogens is 1. The van der Waals surface area contributed by atoms with E-state index in [9.17, 15) is 9.59 Å². The van der Waals surface area contributed by atoms with Crippen LogP contribution in [0.3, 0.4) is 0 Å². The zero-order valence-corrected chi connectivity index (χ0v) is 25.7. The second kappa shape index (κ2) is 12.7. The number of aromatic nitrogens is 1. The van der Waals surface area contributed by atoms with Gasteiger partial charge in [0.1, 0.15) is 11.8 Å². The first kappa shape index (κ1) is 29.4. The molecule has 2 aromatic carbocycles. The summed E-state index contributed by atoms with van der Waals surface area (Å²) >= 11 is 3.37. The van der Waals surface area contributed by atoms with E-state index in [0.29, 0.717) is 37.8 Å². The second-order valence-electron chi connectivity index (χ2n) is 9.02. The molecule has 4 rings (SSSR count). The van der Waals surface area contributed by atoms with E-state index in [1.165, 1.54) is 15.9 Å². The number of fused-ring (bicyclic) bond motifs is 1. The number of thiazole rings is 1. The SMILES string of the molecule is CCOC(=O)C1=C(C)N=c2s/c(=C\c3ccc(OCC#N)c(I)c3)c(=O)n2[C@H]1c1ccc(OC(C)C)c(OC)c1. The van der Waals surface area contributed by atoms with Crippen LogP contribution in [0.1, 0.15) is 44.9 Å². The van der Waals surface area contributed by atoms with Crippen LogP contribution in [0.2, 0.25) is 0 Å². The molecule has 0 radical (unpaired) electrons. The van der Waals surface area contributed by atoms with Gasteiger partial charge in [-0.15, -0.1) is 0 Å². The lowest BCUT2D eigenvalue weighted by atomic mass is 9.95. The smallest absolute Gasteiger partial charge is 0.338 e. The first-order chi connectivity index (χ1) is 19.2. The molecule has 0 N–H and O–H groups in total. The minimum Gasteiger partial charge on any atom is -0.493 e. The van der Waals surface area contributed by atoms with Gasteiger partial charge in [-0.2, -0.15) is 5.26 Å². The molecule has 3 aromatic rings. The van der Waals surface area contributed by atoms with Crippen LogP contribution in [0.4, 0.5) is 0 Å². The van der Waals surface area contributed by atoms with Crippen molar-refractivity contribution in [1.29, 1.82) is 5.26 Å². The first-order valence-corrected chi connectivity index (χ1v) is 14.4. The molecule has 0 bridgehead atoms. The zero-order chi connectivity index (χ0) is 29.0. The van der Waals surface area contributed by atoms with Crippen LogP contribution in [-0.4, -0.2) is 37.0 Å². The third kappa shape index (κ3) is 6.08. The fourth-order valence-corrected chi connectivity index (χ4v) is 6.04. The molecule has 1 aliphatic heterocycles. The van der Waals surface area contributed by atoms with Crippen LogP contribution in [0, 0.1) is 14.9 Å². The van der Waals surface area contributed by atoms with E-state index >= 15 is 0 Å². The van der Waals surface area contributed by atoms with Gasteiger partial charge in [0.2, 0.25) is 0 Å². The maximum Gasteiger partial charge on any atom is 0.338 e. The van der Waals surface area contributed by atoms with E-state index in [1.54, 1.807) is 45.2 Å². The average Bonchev–Trinajstić information content (AvgIpc) is 3.21. The number of methoxy groups -OCH3 is 1. The number of ether oxygens (including phenoxy) is 4. The normalized spacial score (nSPS) is 14.8. The van der Waals surface area contributed by atoms with Gasteiger partial charge in [0, 0.05) is 0 Å². The maximum atomic E-state index is 13.9. The van der Waals surface area contributed by atoms with Crippen molar-refractivity contribution in [3.05, 3.63) is 82.1 Å². The number of hydrogen-bond donors (Lipinski definition) is 0. The third-order valence-corrected chi connectivity index (χ3v) is 7.75. The summed E-state index contributed by atoms with van der Waals surface area (Å²) in [5.74, 6) is 1.10. The van der Waals surface area contributed by atoms with E-state index in [2.05, 4.69) is 27.6 Å². The van der Waals surface area contributed by atoms with Crippen LogP contribution >= 0.6 is 33.9 Å². The highest BCUT2D eigenvalue weighted by Gasteiger charge is 2.34. The summed E-state index contributed by atoms with van der Waals surface area (Å²) in [4.78, 5) is 32.2. The Hall–Kier alpha value is -3.63. The van der Waals surface area contributed by atoms with Crippen molar-refractivity contribution >= 4 is 46.0 Å². The predicted molar refractivity (Wildman–Crippen MR) is 159 cm³/mol. The number of benzene rings is 2. The van der Waals surface area contributed by atoms with Gasteiger partial charge in [0.05, 0.1) is 45.2 Å². The zero-order valence-electron chi connectivity index (χ0n) is 22.7. The van der Waals surface area contributed by atoms with Gasteiger partial charge < -0.3 is 18.9 Å². The van der Waals surface area contributed by atoms with Crippen LogP contribution in [0.15, 0.2) is 57.5 Å². The van der Waals surface area contributed by atoms with Crippen LogP contribution in [-0.2, 0) is 9.53 Å². The van der Waals surface area contributed by atoms with Crippen LogP contribution in [0.25, 0.3) is 6.08 Å². The molecular weight excluding hydrogens is 645 g/mol. The number of carbonyl (C=O) groups is 1. The molecule has 0 saturated heterocycles. The fourth-order valence-electron chi connectivity index (χ4n) is 4.30. The molecule has 0 fully saturated rings. The Morgan fingerprint density at radius 1 is 1.23 bits per heavy atom. The van der Waals surface area contributed by atoms with Crippen molar-refractivity contribution in [1.82, 2.24) is 4.57 Å². The summed E-state index contributed by atoms with van der Waals surface area (Å²) in [7, 11) is 1.54. The number of nitriles is 1. The Kier molecular flexibility index (Phi) is 9.32. The van der Waals surface area contributed by atoms with E-state index in [1.807, 2.05) is 38.1 Å². The van der Waals surface area contributed by atoms with Crippen molar-refractivity contribution in [2.24, 2.45) is 4.99 Å². The first-order valence-electron chi connectivity index (χ1n) is 12.5. The second-order valence-corrected chi connectivity index (χ2v) is 11.2. The number of rotatable bonds is 9. The van der Waals surface area contributed by atoms with Crippen LogP contribution < -0.4 is 29.1 Å². The quantitative estimate of drug-likeness (QED) is 0.249.